The first-order chi connectivity index (χ1) is 10.8. The van der Waals surface area contributed by atoms with E-state index in [1.807, 2.05) is 0 Å². The Morgan fingerprint density at radius 2 is 2.13 bits per heavy atom. The minimum absolute atomic E-state index is 0.182. The minimum atomic E-state index is -0.729. The van der Waals surface area contributed by atoms with Crippen LogP contribution in [0.15, 0.2) is 23.8 Å². The molecule has 0 amide bonds. The van der Waals surface area contributed by atoms with E-state index in [4.69, 9.17) is 4.74 Å². The molecule has 2 fully saturated rings. The Hall–Kier alpha value is -1.09. The highest BCUT2D eigenvalue weighted by molar-refractivity contribution is 5.91. The lowest BCUT2D eigenvalue weighted by Gasteiger charge is -2.58. The van der Waals surface area contributed by atoms with Gasteiger partial charge in [0.25, 0.3) is 0 Å². The standard InChI is InChI=1S/C20H30O3/c1-13-6-7-17-19(2,3)9-5-10-20(17,4)15(13)12-16(21)14-8-11-23-18(14)22/h8,15-17,21H,1,5-7,9-12H2,2-4H3/t15?,16?,17?,20-/m1/s1. The maximum Gasteiger partial charge on any atom is 0.336 e. The second-order valence-electron chi connectivity index (χ2n) is 8.66. The highest BCUT2D eigenvalue weighted by Crippen LogP contribution is 2.61. The Morgan fingerprint density at radius 1 is 1.39 bits per heavy atom. The molecule has 3 heteroatoms. The highest BCUT2D eigenvalue weighted by atomic mass is 16.5. The Kier molecular flexibility index (Phi) is 4.20. The number of rotatable bonds is 3. The van der Waals surface area contributed by atoms with Crippen molar-refractivity contribution in [2.75, 3.05) is 6.61 Å². The largest absolute Gasteiger partial charge is 0.458 e. The summed E-state index contributed by atoms with van der Waals surface area (Å²) < 4.78 is 4.95. The molecule has 128 valence electrons. The van der Waals surface area contributed by atoms with Crippen LogP contribution < -0.4 is 0 Å². The molecule has 3 unspecified atom stereocenters. The van der Waals surface area contributed by atoms with Crippen LogP contribution in [0.3, 0.4) is 0 Å². The number of hydrogen-bond donors (Lipinski definition) is 1. The summed E-state index contributed by atoms with van der Waals surface area (Å²) in [4.78, 5) is 11.7. The maximum atomic E-state index is 11.7. The van der Waals surface area contributed by atoms with E-state index in [0.717, 1.165) is 6.42 Å². The summed E-state index contributed by atoms with van der Waals surface area (Å²) in [5.74, 6) is 0.589. The van der Waals surface area contributed by atoms with Crippen molar-refractivity contribution in [3.63, 3.8) is 0 Å². The molecule has 3 rings (SSSR count). The van der Waals surface area contributed by atoms with Crippen LogP contribution in [0.5, 0.6) is 0 Å². The van der Waals surface area contributed by atoms with Crippen molar-refractivity contribution >= 4 is 5.97 Å². The summed E-state index contributed by atoms with van der Waals surface area (Å²) in [7, 11) is 0. The number of aliphatic hydroxyl groups excluding tert-OH is 1. The first kappa shape index (κ1) is 16.8. The molecular weight excluding hydrogens is 288 g/mol. The number of hydrogen-bond acceptors (Lipinski definition) is 3. The first-order valence-electron chi connectivity index (χ1n) is 8.98. The van der Waals surface area contributed by atoms with Crippen molar-refractivity contribution in [3.05, 3.63) is 23.8 Å². The molecule has 0 aromatic rings. The van der Waals surface area contributed by atoms with Crippen molar-refractivity contribution in [2.45, 2.75) is 65.4 Å². The lowest BCUT2D eigenvalue weighted by Crippen LogP contribution is -2.50. The van der Waals surface area contributed by atoms with Gasteiger partial charge in [-0.2, -0.15) is 0 Å². The van der Waals surface area contributed by atoms with Gasteiger partial charge >= 0.3 is 5.97 Å². The number of fused-ring (bicyclic) bond motifs is 1. The third-order valence-electron chi connectivity index (χ3n) is 6.89. The predicted octanol–water partition coefficient (Wildman–Crippen LogP) is 4.02. The quantitative estimate of drug-likeness (QED) is 0.631. The summed E-state index contributed by atoms with van der Waals surface area (Å²) in [6.45, 7) is 11.8. The van der Waals surface area contributed by atoms with Gasteiger partial charge < -0.3 is 9.84 Å². The van der Waals surface area contributed by atoms with Gasteiger partial charge in [0.05, 0.1) is 11.7 Å². The smallest absolute Gasteiger partial charge is 0.336 e. The first-order valence-corrected chi connectivity index (χ1v) is 8.98. The Morgan fingerprint density at radius 3 is 2.78 bits per heavy atom. The summed E-state index contributed by atoms with van der Waals surface area (Å²) in [5, 5.41) is 10.6. The van der Waals surface area contributed by atoms with Gasteiger partial charge in [0, 0.05) is 0 Å². The molecule has 4 atom stereocenters. The predicted molar refractivity (Wildman–Crippen MR) is 90.8 cm³/mol. The van der Waals surface area contributed by atoms with Crippen molar-refractivity contribution < 1.29 is 14.6 Å². The molecule has 1 aliphatic heterocycles. The van der Waals surface area contributed by atoms with Crippen LogP contribution in [-0.4, -0.2) is 23.8 Å². The SMILES string of the molecule is C=C1CCC2C(C)(C)CCC[C@]2(C)C1CC(O)C1=CCOC1=O. The topological polar surface area (TPSA) is 46.5 Å². The Bertz CT molecular complexity index is 545. The molecule has 3 nitrogen and oxygen atoms in total. The number of ether oxygens (including phenoxy) is 1. The molecule has 0 spiro atoms. The lowest BCUT2D eigenvalue weighted by atomic mass is 9.47. The fraction of sp³-hybridized carbons (Fsp3) is 0.750. The normalized spacial score (nSPS) is 37.8. The van der Waals surface area contributed by atoms with Crippen LogP contribution in [-0.2, 0) is 9.53 Å². The number of esters is 1. The number of cyclic esters (lactones) is 1. The van der Waals surface area contributed by atoms with E-state index in [1.165, 1.54) is 31.3 Å². The van der Waals surface area contributed by atoms with E-state index < -0.39 is 6.10 Å². The zero-order valence-corrected chi connectivity index (χ0v) is 14.7. The van der Waals surface area contributed by atoms with Crippen LogP contribution in [0.2, 0.25) is 0 Å². The van der Waals surface area contributed by atoms with Crippen molar-refractivity contribution in [1.29, 1.82) is 0 Å². The Labute approximate surface area is 139 Å². The van der Waals surface area contributed by atoms with Crippen LogP contribution >= 0.6 is 0 Å². The van der Waals surface area contributed by atoms with E-state index in [-0.39, 0.29) is 17.3 Å². The van der Waals surface area contributed by atoms with Crippen molar-refractivity contribution in [3.8, 4) is 0 Å². The average molecular weight is 318 g/mol. The third kappa shape index (κ3) is 2.77. The third-order valence-corrected chi connectivity index (χ3v) is 6.89. The van der Waals surface area contributed by atoms with Gasteiger partial charge in [-0.05, 0) is 60.8 Å². The van der Waals surface area contributed by atoms with Gasteiger partial charge in [-0.15, -0.1) is 0 Å². The molecule has 0 bridgehead atoms. The maximum absolute atomic E-state index is 11.7. The molecular formula is C20H30O3. The molecule has 23 heavy (non-hydrogen) atoms. The fourth-order valence-electron chi connectivity index (χ4n) is 5.71. The van der Waals surface area contributed by atoms with E-state index in [9.17, 15) is 9.90 Å². The molecule has 0 saturated heterocycles. The van der Waals surface area contributed by atoms with Crippen LogP contribution in [0.1, 0.15) is 59.3 Å². The second-order valence-corrected chi connectivity index (χ2v) is 8.66. The zero-order valence-electron chi connectivity index (χ0n) is 14.7. The van der Waals surface area contributed by atoms with E-state index in [0.29, 0.717) is 29.9 Å². The fourth-order valence-corrected chi connectivity index (χ4v) is 5.71. The molecule has 0 aromatic heterocycles. The number of allylic oxidation sites excluding steroid dienone is 1. The van der Waals surface area contributed by atoms with Crippen molar-refractivity contribution in [2.24, 2.45) is 22.7 Å². The van der Waals surface area contributed by atoms with Crippen LogP contribution in [0, 0.1) is 22.7 Å². The van der Waals surface area contributed by atoms with E-state index in [1.54, 1.807) is 6.08 Å². The minimum Gasteiger partial charge on any atom is -0.458 e. The number of carbonyl (C=O) groups is 1. The summed E-state index contributed by atoms with van der Waals surface area (Å²) in [6, 6.07) is 0. The second kappa shape index (κ2) is 5.77. The molecule has 0 radical (unpaired) electrons. The highest BCUT2D eigenvalue weighted by Gasteiger charge is 2.53. The van der Waals surface area contributed by atoms with E-state index in [2.05, 4.69) is 27.4 Å². The summed E-state index contributed by atoms with van der Waals surface area (Å²) in [6.07, 6.45) is 7.57. The van der Waals surface area contributed by atoms with Gasteiger partial charge in [0.15, 0.2) is 0 Å². The number of aliphatic hydroxyl groups is 1. The van der Waals surface area contributed by atoms with Gasteiger partial charge in [0.1, 0.15) is 6.61 Å². The average Bonchev–Trinajstić information content (AvgIpc) is 2.88. The van der Waals surface area contributed by atoms with Gasteiger partial charge in [-0.25, -0.2) is 4.79 Å². The van der Waals surface area contributed by atoms with Gasteiger partial charge in [-0.1, -0.05) is 39.3 Å². The van der Waals surface area contributed by atoms with E-state index >= 15 is 0 Å². The Balaban J connectivity index is 1.84. The molecule has 2 aliphatic carbocycles. The summed E-state index contributed by atoms with van der Waals surface area (Å²) in [5.41, 5.74) is 2.23. The van der Waals surface area contributed by atoms with Crippen LogP contribution in [0.25, 0.3) is 0 Å². The molecule has 0 aromatic carbocycles. The summed E-state index contributed by atoms with van der Waals surface area (Å²) >= 11 is 0. The molecule has 3 aliphatic rings. The number of carbonyl (C=O) groups excluding carboxylic acids is 1. The molecule has 1 N–H and O–H groups in total. The molecule has 1 heterocycles. The van der Waals surface area contributed by atoms with Crippen LogP contribution in [0.4, 0.5) is 0 Å². The lowest BCUT2D eigenvalue weighted by molar-refractivity contribution is -0.137. The van der Waals surface area contributed by atoms with Crippen molar-refractivity contribution in [1.82, 2.24) is 0 Å². The van der Waals surface area contributed by atoms with Gasteiger partial charge in [-0.3, -0.25) is 0 Å². The zero-order chi connectivity index (χ0) is 16.8. The molecule has 2 saturated carbocycles. The monoisotopic (exact) mass is 318 g/mol. The van der Waals surface area contributed by atoms with Gasteiger partial charge in [0.2, 0.25) is 0 Å².